The number of amides is 2. The quantitative estimate of drug-likeness (QED) is 0.360. The molecule has 0 saturated carbocycles. The van der Waals surface area contributed by atoms with Gasteiger partial charge < -0.3 is 15.0 Å². The Hall–Kier alpha value is -1.89. The molecule has 1 rings (SSSR count). The number of hydrogen-bond donors (Lipinski definition) is 1. The van der Waals surface area contributed by atoms with Crippen molar-refractivity contribution in [2.45, 2.75) is 113 Å². The number of piperidine rings is 1. The van der Waals surface area contributed by atoms with Gasteiger partial charge in [0.05, 0.1) is 18.7 Å². The highest BCUT2D eigenvalue weighted by Crippen LogP contribution is 2.28. The second-order valence-corrected chi connectivity index (χ2v) is 11.7. The molecule has 0 bridgehead atoms. The number of likely N-dealkylation sites (N-methyl/N-ethyl adjacent to an activating group) is 1. The van der Waals surface area contributed by atoms with Crippen LogP contribution in [-0.4, -0.2) is 72.0 Å². The van der Waals surface area contributed by atoms with E-state index in [1.807, 2.05) is 34.6 Å². The van der Waals surface area contributed by atoms with Gasteiger partial charge in [0.1, 0.15) is 6.04 Å². The maximum atomic E-state index is 13.8. The first-order chi connectivity index (χ1) is 16.1. The fourth-order valence-corrected chi connectivity index (χ4v) is 4.82. The molecule has 4 atom stereocenters. The number of nitrogens with one attached hydrogen (secondary N) is 1. The molecule has 1 aliphatic rings. The molecule has 0 spiro atoms. The van der Waals surface area contributed by atoms with Crippen molar-refractivity contribution in [1.82, 2.24) is 15.1 Å². The first-order valence-electron chi connectivity index (χ1n) is 13.3. The van der Waals surface area contributed by atoms with Gasteiger partial charge >= 0.3 is 5.97 Å². The Bertz CT molecular complexity index is 754. The van der Waals surface area contributed by atoms with Crippen LogP contribution < -0.4 is 5.32 Å². The highest BCUT2D eigenvalue weighted by Gasteiger charge is 2.40. The number of carbonyl (C=O) groups is 3. The Balaban J connectivity index is 3.17. The van der Waals surface area contributed by atoms with Crippen LogP contribution in [0.1, 0.15) is 88.5 Å². The van der Waals surface area contributed by atoms with Gasteiger partial charge in [0.2, 0.25) is 11.8 Å². The zero-order valence-corrected chi connectivity index (χ0v) is 24.1. The van der Waals surface area contributed by atoms with Crippen LogP contribution in [0, 0.1) is 17.3 Å². The average Bonchev–Trinajstić information content (AvgIpc) is 2.78. The van der Waals surface area contributed by atoms with E-state index in [4.69, 9.17) is 4.74 Å². The second-order valence-electron chi connectivity index (χ2n) is 11.7. The van der Waals surface area contributed by atoms with E-state index in [2.05, 4.69) is 31.0 Å². The van der Waals surface area contributed by atoms with E-state index in [1.165, 1.54) is 0 Å². The number of ether oxygens (including phenoxy) is 1. The summed E-state index contributed by atoms with van der Waals surface area (Å²) in [7, 11) is 1.75. The number of likely N-dealkylation sites (tertiary alicyclic amines) is 1. The summed E-state index contributed by atoms with van der Waals surface area (Å²) in [6.07, 6.45) is 4.74. The monoisotopic (exact) mass is 493 g/mol. The van der Waals surface area contributed by atoms with E-state index >= 15 is 0 Å². The van der Waals surface area contributed by atoms with Crippen molar-refractivity contribution in [2.75, 3.05) is 20.2 Å². The molecule has 0 aliphatic carbocycles. The summed E-state index contributed by atoms with van der Waals surface area (Å²) in [5.74, 6) is 0.0699. The summed E-state index contributed by atoms with van der Waals surface area (Å²) in [4.78, 5) is 43.5. The Morgan fingerprint density at radius 3 is 2.17 bits per heavy atom. The number of esters is 1. The molecule has 0 aromatic rings. The number of hydrogen-bond acceptors (Lipinski definition) is 5. The molecule has 1 heterocycles. The molecule has 1 aliphatic heterocycles. The molecular formula is C28H51N3O4. The number of rotatable bonds is 10. The summed E-state index contributed by atoms with van der Waals surface area (Å²) in [5.41, 5.74) is -0.00655. The van der Waals surface area contributed by atoms with Gasteiger partial charge in [-0.1, -0.05) is 54.0 Å². The molecule has 1 saturated heterocycles. The highest BCUT2D eigenvalue weighted by molar-refractivity contribution is 5.91. The normalized spacial score (nSPS) is 21.6. The minimum Gasteiger partial charge on any atom is -0.463 e. The predicted molar refractivity (Wildman–Crippen MR) is 142 cm³/mol. The topological polar surface area (TPSA) is 79.0 Å². The van der Waals surface area contributed by atoms with Crippen LogP contribution in [0.15, 0.2) is 11.6 Å². The van der Waals surface area contributed by atoms with E-state index in [9.17, 15) is 14.4 Å². The molecule has 2 amide bonds. The van der Waals surface area contributed by atoms with Crippen LogP contribution in [-0.2, 0) is 19.1 Å². The molecule has 35 heavy (non-hydrogen) atoms. The summed E-state index contributed by atoms with van der Waals surface area (Å²) in [5, 5.41) is 3.13. The van der Waals surface area contributed by atoms with Crippen molar-refractivity contribution in [3.05, 3.63) is 11.6 Å². The lowest BCUT2D eigenvalue weighted by molar-refractivity contribution is -0.142. The molecule has 0 radical (unpaired) electrons. The maximum Gasteiger partial charge on any atom is 0.333 e. The SMILES string of the molecule is CCOC(=O)/C(C)=C/C(C(C)C)N(C)C(=O)C(NC(=O)C1CCC(CC)CN1C(C)C)C(C)(C)C. The lowest BCUT2D eigenvalue weighted by Gasteiger charge is -2.43. The lowest BCUT2D eigenvalue weighted by atomic mass is 9.84. The molecule has 0 aromatic carbocycles. The van der Waals surface area contributed by atoms with E-state index in [-0.39, 0.29) is 41.8 Å². The van der Waals surface area contributed by atoms with Crippen LogP contribution in [0.5, 0.6) is 0 Å². The molecular weight excluding hydrogens is 442 g/mol. The fourth-order valence-electron chi connectivity index (χ4n) is 4.82. The van der Waals surface area contributed by atoms with Gasteiger partial charge in [0, 0.05) is 25.2 Å². The zero-order chi connectivity index (χ0) is 27.1. The van der Waals surface area contributed by atoms with Gasteiger partial charge in [-0.25, -0.2) is 4.79 Å². The molecule has 0 aromatic heterocycles. The smallest absolute Gasteiger partial charge is 0.333 e. The highest BCUT2D eigenvalue weighted by atomic mass is 16.5. The Morgan fingerprint density at radius 1 is 1.11 bits per heavy atom. The van der Waals surface area contributed by atoms with E-state index in [0.717, 1.165) is 25.8 Å². The zero-order valence-electron chi connectivity index (χ0n) is 24.1. The molecule has 7 nitrogen and oxygen atoms in total. The average molecular weight is 494 g/mol. The van der Waals surface area contributed by atoms with E-state index < -0.39 is 11.5 Å². The first kappa shape index (κ1) is 31.1. The van der Waals surface area contributed by atoms with Gasteiger partial charge in [0.15, 0.2) is 0 Å². The number of nitrogens with zero attached hydrogens (tertiary/aromatic N) is 2. The van der Waals surface area contributed by atoms with Gasteiger partial charge in [-0.2, -0.15) is 0 Å². The van der Waals surface area contributed by atoms with Crippen molar-refractivity contribution in [3.8, 4) is 0 Å². The van der Waals surface area contributed by atoms with Crippen molar-refractivity contribution < 1.29 is 19.1 Å². The molecule has 4 unspecified atom stereocenters. The number of carbonyl (C=O) groups excluding carboxylic acids is 3. The van der Waals surface area contributed by atoms with Crippen LogP contribution >= 0.6 is 0 Å². The largest absolute Gasteiger partial charge is 0.463 e. The van der Waals surface area contributed by atoms with Crippen molar-refractivity contribution in [2.24, 2.45) is 17.3 Å². The van der Waals surface area contributed by atoms with Crippen LogP contribution in [0.25, 0.3) is 0 Å². The second kappa shape index (κ2) is 13.4. The van der Waals surface area contributed by atoms with E-state index in [1.54, 1.807) is 31.9 Å². The molecule has 202 valence electrons. The minimum absolute atomic E-state index is 0.0744. The van der Waals surface area contributed by atoms with E-state index in [0.29, 0.717) is 18.1 Å². The fraction of sp³-hybridized carbons (Fsp3) is 0.821. The van der Waals surface area contributed by atoms with Crippen LogP contribution in [0.3, 0.4) is 0 Å². The summed E-state index contributed by atoms with van der Waals surface area (Å²) >= 11 is 0. The van der Waals surface area contributed by atoms with Gasteiger partial charge in [-0.05, 0) is 57.8 Å². The lowest BCUT2D eigenvalue weighted by Crippen LogP contribution is -2.61. The van der Waals surface area contributed by atoms with Crippen LogP contribution in [0.2, 0.25) is 0 Å². The van der Waals surface area contributed by atoms with Crippen LogP contribution in [0.4, 0.5) is 0 Å². The molecule has 1 fully saturated rings. The summed E-state index contributed by atoms with van der Waals surface area (Å²) in [6, 6.07) is -0.961. The minimum atomic E-state index is -0.685. The maximum absolute atomic E-state index is 13.8. The third kappa shape index (κ3) is 8.62. The standard InChI is InChI=1S/C28H51N3O4/c1-12-21-14-15-22(31(17-21)19(5)6)25(32)29-24(28(8,9)10)26(33)30(11)23(18(3)4)16-20(7)27(34)35-13-2/h16,18-19,21-24H,12-15,17H2,1-11H3,(H,29,32)/b20-16+. The Kier molecular flexibility index (Phi) is 11.9. The molecule has 1 N–H and O–H groups in total. The Morgan fingerprint density at radius 2 is 1.71 bits per heavy atom. The molecule has 7 heteroatoms. The summed E-state index contributed by atoms with van der Waals surface area (Å²) in [6.45, 7) is 21.1. The van der Waals surface area contributed by atoms with Gasteiger partial charge in [-0.3, -0.25) is 14.5 Å². The van der Waals surface area contributed by atoms with Crippen molar-refractivity contribution in [3.63, 3.8) is 0 Å². The third-order valence-electron chi connectivity index (χ3n) is 7.16. The summed E-state index contributed by atoms with van der Waals surface area (Å²) < 4.78 is 5.12. The van der Waals surface area contributed by atoms with Crippen molar-refractivity contribution in [1.29, 1.82) is 0 Å². The van der Waals surface area contributed by atoms with Crippen molar-refractivity contribution >= 4 is 17.8 Å². The Labute approximate surface area is 214 Å². The van der Waals surface area contributed by atoms with Gasteiger partial charge in [0.25, 0.3) is 0 Å². The first-order valence-corrected chi connectivity index (χ1v) is 13.3. The predicted octanol–water partition coefficient (Wildman–Crippen LogP) is 4.41. The van der Waals surface area contributed by atoms with Gasteiger partial charge in [-0.15, -0.1) is 0 Å². The third-order valence-corrected chi connectivity index (χ3v) is 7.16.